The van der Waals surface area contributed by atoms with Crippen molar-refractivity contribution in [3.63, 3.8) is 0 Å². The number of nitriles is 1. The number of carbonyl (C=O) groups is 2. The van der Waals surface area contributed by atoms with Crippen LogP contribution < -0.4 is 10.2 Å². The molecule has 1 aromatic carbocycles. The molecule has 0 radical (unpaired) electrons. The third-order valence-electron chi connectivity index (χ3n) is 7.03. The van der Waals surface area contributed by atoms with Crippen molar-refractivity contribution in [1.82, 2.24) is 15.2 Å². The zero-order valence-corrected chi connectivity index (χ0v) is 22.1. The lowest BCUT2D eigenvalue weighted by Crippen LogP contribution is -2.52. The highest BCUT2D eigenvalue weighted by Crippen LogP contribution is 3.02. The Kier molecular flexibility index (Phi) is 7.50. The second-order valence-electron chi connectivity index (χ2n) is 9.86. The molecule has 1 aliphatic carbocycles. The van der Waals surface area contributed by atoms with Crippen LogP contribution in [0.25, 0.3) is 0 Å². The number of methoxy groups -OCH3 is 1. The average Bonchev–Trinajstić information content (AvgIpc) is 3.67. The number of ether oxygens (including phenoxy) is 1. The van der Waals surface area contributed by atoms with Crippen LogP contribution in [0, 0.1) is 17.4 Å². The second kappa shape index (κ2) is 10.2. The van der Waals surface area contributed by atoms with E-state index in [1.165, 1.54) is 31.6 Å². The molecular weight excluding hydrogens is 561 g/mol. The lowest BCUT2D eigenvalue weighted by molar-refractivity contribution is -0.129. The number of hydrogen-bond donors (Lipinski definition) is 2. The van der Waals surface area contributed by atoms with E-state index in [-0.39, 0.29) is 48.9 Å². The number of aromatic nitrogens is 1. The Morgan fingerprint density at radius 2 is 1.90 bits per heavy atom. The average molecular weight is 590 g/mol. The van der Waals surface area contributed by atoms with E-state index in [9.17, 15) is 39.4 Å². The van der Waals surface area contributed by atoms with E-state index < -0.39 is 51.2 Å². The molecule has 4 rings (SSSR count). The number of carbonyl (C=O) groups excluding carboxylic acids is 2. The first-order chi connectivity index (χ1) is 18.7. The van der Waals surface area contributed by atoms with Crippen LogP contribution >= 0.6 is 10.2 Å². The van der Waals surface area contributed by atoms with Crippen molar-refractivity contribution in [2.24, 2.45) is 5.92 Å². The second-order valence-corrected chi connectivity index (χ2v) is 12.3. The Morgan fingerprint density at radius 3 is 2.40 bits per heavy atom. The van der Waals surface area contributed by atoms with Gasteiger partial charge in [-0.15, -0.1) is 0 Å². The van der Waals surface area contributed by atoms with Gasteiger partial charge in [-0.3, -0.25) is 24.4 Å². The number of halogens is 5. The summed E-state index contributed by atoms with van der Waals surface area (Å²) in [6, 6.07) is 1.32. The Labute approximate surface area is 227 Å². The van der Waals surface area contributed by atoms with Gasteiger partial charge in [-0.05, 0) is 49.1 Å². The van der Waals surface area contributed by atoms with Crippen LogP contribution in [0.3, 0.4) is 0 Å². The Balaban J connectivity index is 1.83. The van der Waals surface area contributed by atoms with E-state index in [1.807, 2.05) is 6.19 Å². The molecule has 1 aromatic heterocycles. The SMILES string of the molecule is COC1CC(C(=O)N(c2ccc(S(F)(F)(F)(F)F)cc2)C(C(=O)NC(CO)C2CC2)c2cccnc2)N(C#N)C1. The van der Waals surface area contributed by atoms with E-state index in [4.69, 9.17) is 4.74 Å². The van der Waals surface area contributed by atoms with Gasteiger partial charge in [-0.2, -0.15) is 5.26 Å². The quantitative estimate of drug-likeness (QED) is 0.314. The fourth-order valence-corrected chi connectivity index (χ4v) is 5.42. The van der Waals surface area contributed by atoms with Crippen LogP contribution in [0.15, 0.2) is 53.7 Å². The highest BCUT2D eigenvalue weighted by Gasteiger charge is 2.65. The number of nitrogens with zero attached hydrogens (tertiary/aromatic N) is 4. The van der Waals surface area contributed by atoms with Gasteiger partial charge in [0.2, 0.25) is 5.91 Å². The summed E-state index contributed by atoms with van der Waals surface area (Å²) >= 11 is 0. The number of amides is 2. The predicted molar refractivity (Wildman–Crippen MR) is 136 cm³/mol. The van der Waals surface area contributed by atoms with Crippen molar-refractivity contribution in [3.05, 3.63) is 54.4 Å². The summed E-state index contributed by atoms with van der Waals surface area (Å²) in [6.45, 7) is -0.332. The van der Waals surface area contributed by atoms with Gasteiger partial charge in [-0.1, -0.05) is 25.5 Å². The molecule has 218 valence electrons. The standard InChI is InChI=1S/C25H28F5N5O4S/c1-39-19-11-22(34(13-19)15-31)25(38)35(18-6-8-20(9-7-18)40(26,27,28,29)30)23(17-3-2-10-32-12-17)24(37)33-21(14-36)16-4-5-16/h2-3,6-10,12,16,19,21-23,36H,4-5,11,13-14H2,1H3,(H,33,37). The summed E-state index contributed by atoms with van der Waals surface area (Å²) in [5.74, 6) is -1.60. The summed E-state index contributed by atoms with van der Waals surface area (Å²) in [5, 5.41) is 22.2. The predicted octanol–water partition coefficient (Wildman–Crippen LogP) is 4.27. The summed E-state index contributed by atoms with van der Waals surface area (Å²) in [5.41, 5.74) is -0.118. The summed E-state index contributed by atoms with van der Waals surface area (Å²) < 4.78 is 72.5. The van der Waals surface area contributed by atoms with Crippen LogP contribution in [-0.4, -0.2) is 65.3 Å². The molecule has 2 amide bonds. The van der Waals surface area contributed by atoms with Crippen LogP contribution in [0.5, 0.6) is 0 Å². The molecular formula is C25H28F5N5O4S. The lowest BCUT2D eigenvalue weighted by atomic mass is 10.0. The molecule has 2 aliphatic rings. The van der Waals surface area contributed by atoms with E-state index in [1.54, 1.807) is 0 Å². The van der Waals surface area contributed by atoms with Crippen molar-refractivity contribution in [2.75, 3.05) is 25.2 Å². The van der Waals surface area contributed by atoms with E-state index >= 15 is 0 Å². The number of aliphatic hydroxyl groups excluding tert-OH is 1. The normalized spacial score (nSPS) is 22.4. The van der Waals surface area contributed by atoms with Gasteiger partial charge in [0.25, 0.3) is 5.91 Å². The number of hydrogen-bond acceptors (Lipinski definition) is 7. The molecule has 1 saturated heterocycles. The van der Waals surface area contributed by atoms with Gasteiger partial charge in [0.15, 0.2) is 6.19 Å². The van der Waals surface area contributed by atoms with Gasteiger partial charge in [-0.25, -0.2) is 0 Å². The smallest absolute Gasteiger partial charge is 0.310 e. The fourth-order valence-electron chi connectivity index (χ4n) is 4.77. The van der Waals surface area contributed by atoms with Gasteiger partial charge in [0.1, 0.15) is 17.0 Å². The van der Waals surface area contributed by atoms with Crippen LogP contribution in [0.4, 0.5) is 25.1 Å². The number of nitrogens with one attached hydrogen (secondary N) is 1. The molecule has 15 heteroatoms. The Morgan fingerprint density at radius 1 is 1.23 bits per heavy atom. The minimum atomic E-state index is -10.0. The first kappa shape index (κ1) is 29.5. The molecule has 1 aliphatic heterocycles. The largest absolute Gasteiger partial charge is 0.394 e. The van der Waals surface area contributed by atoms with Crippen molar-refractivity contribution < 1.29 is 38.9 Å². The number of aliphatic hydroxyl groups is 1. The fraction of sp³-hybridized carbons (Fsp3) is 0.440. The number of rotatable bonds is 10. The van der Waals surface area contributed by atoms with Crippen molar-refractivity contribution in [2.45, 2.75) is 48.4 Å². The zero-order valence-electron chi connectivity index (χ0n) is 21.3. The molecule has 2 heterocycles. The Hall–Kier alpha value is -3.48. The van der Waals surface area contributed by atoms with Crippen LogP contribution in [0.2, 0.25) is 0 Å². The van der Waals surface area contributed by atoms with Crippen molar-refractivity contribution in [1.29, 1.82) is 5.26 Å². The molecule has 40 heavy (non-hydrogen) atoms. The monoisotopic (exact) mass is 589 g/mol. The first-order valence-corrected chi connectivity index (χ1v) is 14.3. The molecule has 9 nitrogen and oxygen atoms in total. The molecule has 0 spiro atoms. The highest BCUT2D eigenvalue weighted by atomic mass is 32.5. The molecule has 0 bridgehead atoms. The van der Waals surface area contributed by atoms with Gasteiger partial charge >= 0.3 is 10.2 Å². The first-order valence-electron chi connectivity index (χ1n) is 12.3. The summed E-state index contributed by atoms with van der Waals surface area (Å²) in [6.07, 6.45) is 5.62. The summed E-state index contributed by atoms with van der Waals surface area (Å²) in [7, 11) is -8.64. The Bertz CT molecular complexity index is 1290. The topological polar surface area (TPSA) is 119 Å². The lowest BCUT2D eigenvalue weighted by Gasteiger charge is -2.41. The van der Waals surface area contributed by atoms with Gasteiger partial charge < -0.3 is 15.2 Å². The summed E-state index contributed by atoms with van der Waals surface area (Å²) in [4.78, 5) is 31.7. The molecule has 2 N–H and O–H groups in total. The molecule has 1 saturated carbocycles. The molecule has 4 atom stereocenters. The maximum Gasteiger partial charge on any atom is 0.310 e. The van der Waals surface area contributed by atoms with E-state index in [2.05, 4.69) is 10.3 Å². The van der Waals surface area contributed by atoms with Gasteiger partial charge in [0.05, 0.1) is 25.3 Å². The third kappa shape index (κ3) is 6.45. The number of likely N-dealkylation sites (tertiary alicyclic amines) is 1. The highest BCUT2D eigenvalue weighted by molar-refractivity contribution is 8.45. The van der Waals surface area contributed by atoms with E-state index in [0.717, 1.165) is 22.6 Å². The van der Waals surface area contributed by atoms with Crippen LogP contribution in [0.1, 0.15) is 30.9 Å². The molecule has 2 aromatic rings. The van der Waals surface area contributed by atoms with Gasteiger partial charge in [0, 0.05) is 37.2 Å². The maximum atomic E-state index is 14.1. The third-order valence-corrected chi connectivity index (χ3v) is 8.19. The molecule has 2 fully saturated rings. The number of benzene rings is 1. The van der Waals surface area contributed by atoms with E-state index in [0.29, 0.717) is 12.1 Å². The zero-order chi connectivity index (χ0) is 29.4. The number of pyridine rings is 1. The van der Waals surface area contributed by atoms with Crippen molar-refractivity contribution in [3.8, 4) is 6.19 Å². The van der Waals surface area contributed by atoms with Crippen LogP contribution in [-0.2, 0) is 14.3 Å². The molecule has 4 unspecified atom stereocenters. The maximum absolute atomic E-state index is 14.1. The van der Waals surface area contributed by atoms with Crippen molar-refractivity contribution >= 4 is 27.7 Å². The minimum absolute atomic E-state index is 0.01000. The number of anilines is 1. The minimum Gasteiger partial charge on any atom is -0.394 e.